The van der Waals surface area contributed by atoms with E-state index < -0.39 is 0 Å². The lowest BCUT2D eigenvalue weighted by Crippen LogP contribution is -2.42. The van der Waals surface area contributed by atoms with Crippen LogP contribution in [0.25, 0.3) is 0 Å². The van der Waals surface area contributed by atoms with Crippen molar-refractivity contribution >= 4 is 0 Å². The Kier molecular flexibility index (Phi) is 4.47. The Labute approximate surface area is 87.0 Å². The van der Waals surface area contributed by atoms with Gasteiger partial charge in [0.1, 0.15) is 0 Å². The Balaban J connectivity index is 2.44. The minimum absolute atomic E-state index is 1.06. The quantitative estimate of drug-likeness (QED) is 0.687. The number of nitrogens with one attached hydrogen (secondary N) is 1. The first kappa shape index (κ1) is 11.1. The van der Waals surface area contributed by atoms with Crippen LogP contribution < -0.4 is 5.32 Å². The van der Waals surface area contributed by atoms with E-state index in [1.54, 1.807) is 0 Å². The van der Waals surface area contributed by atoms with Gasteiger partial charge in [0.25, 0.3) is 0 Å². The first-order valence-electron chi connectivity index (χ1n) is 5.19. The number of nitrogens with zero attached hydrogens (tertiary/aromatic N) is 1. The summed E-state index contributed by atoms with van der Waals surface area (Å²) in [6, 6.07) is 0. The largest absolute Gasteiger partial charge is 0.369 e. The first-order chi connectivity index (χ1) is 6.74. The number of piperazine rings is 1. The predicted molar refractivity (Wildman–Crippen MR) is 62.2 cm³/mol. The molecule has 0 atom stereocenters. The van der Waals surface area contributed by atoms with E-state index in [1.807, 2.05) is 6.92 Å². The molecule has 1 rings (SSSR count). The molecule has 0 saturated carbocycles. The van der Waals surface area contributed by atoms with Gasteiger partial charge in [-0.2, -0.15) is 0 Å². The highest BCUT2D eigenvalue weighted by molar-refractivity contribution is 5.24. The van der Waals surface area contributed by atoms with Crippen molar-refractivity contribution in [2.24, 2.45) is 0 Å². The zero-order valence-electron chi connectivity index (χ0n) is 9.21. The summed E-state index contributed by atoms with van der Waals surface area (Å²) in [5.41, 5.74) is 2.40. The van der Waals surface area contributed by atoms with Gasteiger partial charge in [-0.05, 0) is 19.9 Å². The van der Waals surface area contributed by atoms with E-state index in [-0.39, 0.29) is 0 Å². The maximum absolute atomic E-state index is 4.07. The molecule has 0 aromatic carbocycles. The fourth-order valence-corrected chi connectivity index (χ4v) is 1.38. The van der Waals surface area contributed by atoms with Crippen LogP contribution in [0.1, 0.15) is 13.8 Å². The van der Waals surface area contributed by atoms with Gasteiger partial charge in [-0.3, -0.25) is 0 Å². The zero-order chi connectivity index (χ0) is 10.4. The van der Waals surface area contributed by atoms with E-state index >= 15 is 0 Å². The molecule has 78 valence electrons. The van der Waals surface area contributed by atoms with Gasteiger partial charge in [-0.15, -0.1) is 0 Å². The highest BCUT2D eigenvalue weighted by Crippen LogP contribution is 2.06. The highest BCUT2D eigenvalue weighted by Gasteiger charge is 2.08. The van der Waals surface area contributed by atoms with Gasteiger partial charge < -0.3 is 10.2 Å². The Morgan fingerprint density at radius 1 is 1.29 bits per heavy atom. The van der Waals surface area contributed by atoms with E-state index in [1.165, 1.54) is 5.57 Å². The van der Waals surface area contributed by atoms with Crippen LogP contribution in [0, 0.1) is 0 Å². The molecule has 1 aliphatic heterocycles. The Morgan fingerprint density at radius 2 is 1.93 bits per heavy atom. The SMILES string of the molecule is C=C(C=CC(C)=CC)N1CCNCC1. The van der Waals surface area contributed by atoms with Crippen LogP contribution in [-0.2, 0) is 0 Å². The van der Waals surface area contributed by atoms with E-state index in [2.05, 4.69) is 41.9 Å². The maximum atomic E-state index is 4.07. The molecule has 1 saturated heterocycles. The summed E-state index contributed by atoms with van der Waals surface area (Å²) in [6.07, 6.45) is 6.31. The normalized spacial score (nSPS) is 19.0. The molecule has 1 N–H and O–H groups in total. The Morgan fingerprint density at radius 3 is 2.50 bits per heavy atom. The van der Waals surface area contributed by atoms with Crippen molar-refractivity contribution in [3.05, 3.63) is 36.1 Å². The zero-order valence-corrected chi connectivity index (χ0v) is 9.21. The predicted octanol–water partition coefficient (Wildman–Crippen LogP) is 1.93. The topological polar surface area (TPSA) is 15.3 Å². The summed E-state index contributed by atoms with van der Waals surface area (Å²) in [4.78, 5) is 2.32. The second kappa shape index (κ2) is 5.66. The summed E-state index contributed by atoms with van der Waals surface area (Å²) >= 11 is 0. The third kappa shape index (κ3) is 3.38. The highest BCUT2D eigenvalue weighted by atomic mass is 15.2. The van der Waals surface area contributed by atoms with Gasteiger partial charge in [-0.25, -0.2) is 0 Å². The third-order valence-corrected chi connectivity index (χ3v) is 2.52. The van der Waals surface area contributed by atoms with Gasteiger partial charge >= 0.3 is 0 Å². The molecule has 2 nitrogen and oxygen atoms in total. The van der Waals surface area contributed by atoms with Crippen molar-refractivity contribution in [3.8, 4) is 0 Å². The molecule has 1 fully saturated rings. The van der Waals surface area contributed by atoms with Gasteiger partial charge in [0.15, 0.2) is 0 Å². The van der Waals surface area contributed by atoms with E-state index in [4.69, 9.17) is 0 Å². The summed E-state index contributed by atoms with van der Waals surface area (Å²) in [5, 5.41) is 3.33. The van der Waals surface area contributed by atoms with Crippen molar-refractivity contribution in [1.82, 2.24) is 10.2 Å². The molecule has 1 heterocycles. The monoisotopic (exact) mass is 192 g/mol. The fraction of sp³-hybridized carbons (Fsp3) is 0.500. The third-order valence-electron chi connectivity index (χ3n) is 2.52. The molecular formula is C12H20N2. The molecule has 0 bridgehead atoms. The molecule has 0 aromatic heterocycles. The van der Waals surface area contributed by atoms with E-state index in [0.29, 0.717) is 0 Å². The number of hydrogen-bond donors (Lipinski definition) is 1. The maximum Gasteiger partial charge on any atom is 0.0303 e. The smallest absolute Gasteiger partial charge is 0.0303 e. The minimum Gasteiger partial charge on any atom is -0.369 e. The lowest BCUT2D eigenvalue weighted by atomic mass is 10.2. The summed E-state index contributed by atoms with van der Waals surface area (Å²) in [7, 11) is 0. The van der Waals surface area contributed by atoms with Crippen LogP contribution in [0.15, 0.2) is 36.1 Å². The average Bonchev–Trinajstić information content (AvgIpc) is 2.26. The van der Waals surface area contributed by atoms with Crippen LogP contribution in [0.4, 0.5) is 0 Å². The number of rotatable bonds is 3. The van der Waals surface area contributed by atoms with Gasteiger partial charge in [0.05, 0.1) is 0 Å². The second-order valence-corrected chi connectivity index (χ2v) is 3.59. The van der Waals surface area contributed by atoms with Crippen molar-refractivity contribution in [2.75, 3.05) is 26.2 Å². The molecule has 2 heteroatoms. The lowest BCUT2D eigenvalue weighted by Gasteiger charge is -2.29. The van der Waals surface area contributed by atoms with Crippen molar-refractivity contribution < 1.29 is 0 Å². The van der Waals surface area contributed by atoms with Crippen molar-refractivity contribution in [1.29, 1.82) is 0 Å². The van der Waals surface area contributed by atoms with Crippen molar-refractivity contribution in [3.63, 3.8) is 0 Å². The molecule has 0 unspecified atom stereocenters. The molecule has 1 aliphatic rings. The van der Waals surface area contributed by atoms with Crippen LogP contribution in [0.3, 0.4) is 0 Å². The summed E-state index contributed by atoms with van der Waals surface area (Å²) in [6.45, 7) is 12.5. The summed E-state index contributed by atoms with van der Waals surface area (Å²) < 4.78 is 0. The second-order valence-electron chi connectivity index (χ2n) is 3.59. The fourth-order valence-electron chi connectivity index (χ4n) is 1.38. The first-order valence-corrected chi connectivity index (χ1v) is 5.19. The van der Waals surface area contributed by atoms with Crippen molar-refractivity contribution in [2.45, 2.75) is 13.8 Å². The van der Waals surface area contributed by atoms with Crippen LogP contribution in [-0.4, -0.2) is 31.1 Å². The molecule has 0 aromatic rings. The standard InChI is InChI=1S/C12H20N2/c1-4-11(2)5-6-12(3)14-9-7-13-8-10-14/h4-6,13H,3,7-10H2,1-2H3. The molecule has 0 amide bonds. The van der Waals surface area contributed by atoms with Crippen LogP contribution >= 0.6 is 0 Å². The molecule has 0 aliphatic carbocycles. The van der Waals surface area contributed by atoms with Gasteiger partial charge in [0.2, 0.25) is 0 Å². The Hall–Kier alpha value is -1.02. The Bertz CT molecular complexity index is 245. The van der Waals surface area contributed by atoms with Gasteiger partial charge in [0, 0.05) is 31.9 Å². The molecule has 14 heavy (non-hydrogen) atoms. The van der Waals surface area contributed by atoms with E-state index in [0.717, 1.165) is 31.9 Å². The molecular weight excluding hydrogens is 172 g/mol. The number of allylic oxidation sites excluding steroid dienone is 4. The van der Waals surface area contributed by atoms with Crippen LogP contribution in [0.5, 0.6) is 0 Å². The molecule has 0 radical (unpaired) electrons. The lowest BCUT2D eigenvalue weighted by molar-refractivity contribution is 0.308. The summed E-state index contributed by atoms with van der Waals surface area (Å²) in [5.74, 6) is 0. The van der Waals surface area contributed by atoms with Crippen LogP contribution in [0.2, 0.25) is 0 Å². The van der Waals surface area contributed by atoms with E-state index in [9.17, 15) is 0 Å². The van der Waals surface area contributed by atoms with Gasteiger partial charge in [-0.1, -0.05) is 24.3 Å². The number of hydrogen-bond acceptors (Lipinski definition) is 2. The molecule has 0 spiro atoms. The average molecular weight is 192 g/mol. The minimum atomic E-state index is 1.06.